The Bertz CT molecular complexity index is 506. The molecule has 0 aliphatic carbocycles. The minimum Gasteiger partial charge on any atom is -0.478 e. The highest BCUT2D eigenvalue weighted by atomic mass is 32.1. The standard InChI is InChI=1S/C11H8N2O2S/c14-11(15)9(6-10-13-4-5-16-10)8-2-1-3-12-7-8/h1-7H,(H,14,15)/b9-6+. The van der Waals surface area contributed by atoms with Crippen molar-refractivity contribution in [3.63, 3.8) is 0 Å². The van der Waals surface area contributed by atoms with Gasteiger partial charge in [0.25, 0.3) is 0 Å². The van der Waals surface area contributed by atoms with Gasteiger partial charge >= 0.3 is 5.97 Å². The van der Waals surface area contributed by atoms with E-state index in [0.717, 1.165) is 0 Å². The first-order valence-electron chi connectivity index (χ1n) is 4.52. The van der Waals surface area contributed by atoms with Gasteiger partial charge in [0, 0.05) is 29.5 Å². The zero-order valence-corrected chi connectivity index (χ0v) is 9.02. The third kappa shape index (κ3) is 2.32. The average Bonchev–Trinajstić information content (AvgIpc) is 2.79. The normalized spacial score (nSPS) is 11.4. The summed E-state index contributed by atoms with van der Waals surface area (Å²) in [4.78, 5) is 19.0. The lowest BCUT2D eigenvalue weighted by Crippen LogP contribution is -1.99. The van der Waals surface area contributed by atoms with Crippen LogP contribution in [0.2, 0.25) is 0 Å². The summed E-state index contributed by atoms with van der Waals surface area (Å²) >= 11 is 1.39. The minimum atomic E-state index is -0.983. The molecule has 0 amide bonds. The molecule has 0 aliphatic rings. The number of thiazole rings is 1. The van der Waals surface area contributed by atoms with E-state index in [1.165, 1.54) is 17.5 Å². The van der Waals surface area contributed by atoms with Crippen LogP contribution in [0.3, 0.4) is 0 Å². The van der Waals surface area contributed by atoms with Crippen LogP contribution in [0, 0.1) is 0 Å². The van der Waals surface area contributed by atoms with Gasteiger partial charge in [0.1, 0.15) is 5.01 Å². The lowest BCUT2D eigenvalue weighted by atomic mass is 10.1. The van der Waals surface area contributed by atoms with Crippen molar-refractivity contribution in [3.05, 3.63) is 46.7 Å². The lowest BCUT2D eigenvalue weighted by molar-refractivity contribution is -0.130. The Hall–Kier alpha value is -2.01. The van der Waals surface area contributed by atoms with Gasteiger partial charge in [0.05, 0.1) is 5.57 Å². The molecule has 0 saturated carbocycles. The van der Waals surface area contributed by atoms with E-state index in [9.17, 15) is 4.79 Å². The van der Waals surface area contributed by atoms with Crippen LogP contribution in [-0.2, 0) is 4.79 Å². The van der Waals surface area contributed by atoms with E-state index >= 15 is 0 Å². The fraction of sp³-hybridized carbons (Fsp3) is 0. The monoisotopic (exact) mass is 232 g/mol. The van der Waals surface area contributed by atoms with Crippen molar-refractivity contribution in [1.82, 2.24) is 9.97 Å². The third-order valence-corrected chi connectivity index (χ3v) is 2.64. The Labute approximate surface area is 95.9 Å². The molecule has 0 radical (unpaired) electrons. The van der Waals surface area contributed by atoms with Crippen LogP contribution in [0.15, 0.2) is 36.1 Å². The maximum Gasteiger partial charge on any atom is 0.336 e. The minimum absolute atomic E-state index is 0.197. The first-order chi connectivity index (χ1) is 7.77. The summed E-state index contributed by atoms with van der Waals surface area (Å²) in [5.74, 6) is -0.983. The summed E-state index contributed by atoms with van der Waals surface area (Å²) in [6.45, 7) is 0. The number of carboxylic acid groups (broad SMARTS) is 1. The van der Waals surface area contributed by atoms with Crippen molar-refractivity contribution in [3.8, 4) is 0 Å². The number of pyridine rings is 1. The topological polar surface area (TPSA) is 63.1 Å². The molecule has 0 atom stereocenters. The molecule has 2 aromatic rings. The van der Waals surface area contributed by atoms with E-state index in [4.69, 9.17) is 5.11 Å². The Morgan fingerprint density at radius 3 is 2.88 bits per heavy atom. The van der Waals surface area contributed by atoms with Gasteiger partial charge in [-0.25, -0.2) is 9.78 Å². The number of carbonyl (C=O) groups is 1. The number of hydrogen-bond donors (Lipinski definition) is 1. The second-order valence-corrected chi connectivity index (χ2v) is 3.90. The quantitative estimate of drug-likeness (QED) is 0.824. The van der Waals surface area contributed by atoms with Gasteiger partial charge in [-0.3, -0.25) is 4.98 Å². The average molecular weight is 232 g/mol. The highest BCUT2D eigenvalue weighted by molar-refractivity contribution is 7.10. The van der Waals surface area contributed by atoms with Gasteiger partial charge < -0.3 is 5.11 Å². The summed E-state index contributed by atoms with van der Waals surface area (Å²) in [6.07, 6.45) is 6.31. The predicted octanol–water partition coefficient (Wildman–Crippen LogP) is 2.16. The molecule has 2 rings (SSSR count). The number of aliphatic carboxylic acids is 1. The highest BCUT2D eigenvalue weighted by Crippen LogP contribution is 2.18. The maximum absolute atomic E-state index is 11.1. The summed E-state index contributed by atoms with van der Waals surface area (Å²) in [5.41, 5.74) is 0.772. The van der Waals surface area contributed by atoms with Gasteiger partial charge in [0.2, 0.25) is 0 Å². The molecule has 80 valence electrons. The van der Waals surface area contributed by atoms with Crippen molar-refractivity contribution < 1.29 is 9.90 Å². The first-order valence-corrected chi connectivity index (χ1v) is 5.40. The Morgan fingerprint density at radius 2 is 2.31 bits per heavy atom. The second-order valence-electron chi connectivity index (χ2n) is 2.98. The van der Waals surface area contributed by atoms with E-state index in [1.54, 1.807) is 36.0 Å². The van der Waals surface area contributed by atoms with Crippen LogP contribution < -0.4 is 0 Å². The van der Waals surface area contributed by atoms with Crippen LogP contribution in [0.25, 0.3) is 11.6 Å². The molecule has 0 bridgehead atoms. The molecule has 0 aromatic carbocycles. The van der Waals surface area contributed by atoms with Crippen LogP contribution in [0.1, 0.15) is 10.6 Å². The Morgan fingerprint density at radius 1 is 1.44 bits per heavy atom. The van der Waals surface area contributed by atoms with Crippen molar-refractivity contribution >= 4 is 29.0 Å². The predicted molar refractivity (Wildman–Crippen MR) is 61.9 cm³/mol. The molecule has 0 unspecified atom stereocenters. The number of rotatable bonds is 3. The van der Waals surface area contributed by atoms with Crippen LogP contribution >= 0.6 is 11.3 Å². The molecule has 1 N–H and O–H groups in total. The first kappa shape index (κ1) is 10.5. The molecule has 16 heavy (non-hydrogen) atoms. The van der Waals surface area contributed by atoms with Gasteiger partial charge in [-0.2, -0.15) is 0 Å². The number of aromatic nitrogens is 2. The van der Waals surface area contributed by atoms with Crippen LogP contribution in [0.4, 0.5) is 0 Å². The van der Waals surface area contributed by atoms with Gasteiger partial charge in [0.15, 0.2) is 0 Å². The van der Waals surface area contributed by atoms with Crippen LogP contribution in [-0.4, -0.2) is 21.0 Å². The fourth-order valence-corrected chi connectivity index (χ4v) is 1.79. The van der Waals surface area contributed by atoms with Gasteiger partial charge in [-0.1, -0.05) is 6.07 Å². The summed E-state index contributed by atoms with van der Waals surface area (Å²) in [5, 5.41) is 11.6. The van der Waals surface area contributed by atoms with Gasteiger partial charge in [-0.15, -0.1) is 11.3 Å². The summed E-state index contributed by atoms with van der Waals surface area (Å²) in [6, 6.07) is 3.41. The molecule has 0 fully saturated rings. The number of hydrogen-bond acceptors (Lipinski definition) is 4. The molecule has 0 spiro atoms. The zero-order valence-electron chi connectivity index (χ0n) is 8.20. The Kier molecular flexibility index (Phi) is 3.07. The molecule has 0 saturated heterocycles. The lowest BCUT2D eigenvalue weighted by Gasteiger charge is -2.00. The molecular formula is C11H8N2O2S. The Balaban J connectivity index is 2.43. The molecule has 5 heteroatoms. The molecule has 2 heterocycles. The molecule has 4 nitrogen and oxygen atoms in total. The van der Waals surface area contributed by atoms with Crippen molar-refractivity contribution in [1.29, 1.82) is 0 Å². The van der Waals surface area contributed by atoms with E-state index in [-0.39, 0.29) is 5.57 Å². The van der Waals surface area contributed by atoms with E-state index < -0.39 is 5.97 Å². The molecule has 0 aliphatic heterocycles. The van der Waals surface area contributed by atoms with E-state index in [0.29, 0.717) is 10.6 Å². The molecular weight excluding hydrogens is 224 g/mol. The van der Waals surface area contributed by atoms with Crippen molar-refractivity contribution in [2.45, 2.75) is 0 Å². The fourth-order valence-electron chi connectivity index (χ4n) is 1.22. The number of carboxylic acids is 1. The maximum atomic E-state index is 11.1. The molecule has 2 aromatic heterocycles. The SMILES string of the molecule is O=C(O)/C(=C/c1nccs1)c1cccnc1. The largest absolute Gasteiger partial charge is 0.478 e. The summed E-state index contributed by atoms with van der Waals surface area (Å²) in [7, 11) is 0. The second kappa shape index (κ2) is 4.67. The van der Waals surface area contributed by atoms with E-state index in [1.807, 2.05) is 0 Å². The van der Waals surface area contributed by atoms with Gasteiger partial charge in [-0.05, 0) is 12.1 Å². The van der Waals surface area contributed by atoms with E-state index in [2.05, 4.69) is 9.97 Å². The van der Waals surface area contributed by atoms with Crippen molar-refractivity contribution in [2.24, 2.45) is 0 Å². The third-order valence-electron chi connectivity index (χ3n) is 1.92. The highest BCUT2D eigenvalue weighted by Gasteiger charge is 2.10. The van der Waals surface area contributed by atoms with Crippen molar-refractivity contribution in [2.75, 3.05) is 0 Å². The zero-order chi connectivity index (χ0) is 11.4. The smallest absolute Gasteiger partial charge is 0.336 e. The summed E-state index contributed by atoms with van der Waals surface area (Å²) < 4.78 is 0. The number of nitrogens with zero attached hydrogens (tertiary/aromatic N) is 2. The van der Waals surface area contributed by atoms with Crippen LogP contribution in [0.5, 0.6) is 0 Å².